The zero-order chi connectivity index (χ0) is 14.4. The fourth-order valence-corrected chi connectivity index (χ4v) is 2.77. The van der Waals surface area contributed by atoms with Crippen molar-refractivity contribution in [2.24, 2.45) is 0 Å². The zero-order valence-corrected chi connectivity index (χ0v) is 11.5. The topological polar surface area (TPSA) is 67.8 Å². The first-order valence-electron chi connectivity index (χ1n) is 7.07. The molecular formula is C15H21N2O3+. The van der Waals surface area contributed by atoms with E-state index >= 15 is 0 Å². The summed E-state index contributed by atoms with van der Waals surface area (Å²) in [5, 5.41) is 20.3. The molecule has 108 valence electrons. The van der Waals surface area contributed by atoms with E-state index in [1.807, 2.05) is 12.2 Å². The van der Waals surface area contributed by atoms with Crippen LogP contribution in [-0.2, 0) is 0 Å². The number of nitro benzene ring substituents is 1. The second-order valence-electron chi connectivity index (χ2n) is 5.21. The van der Waals surface area contributed by atoms with Gasteiger partial charge in [-0.15, -0.1) is 0 Å². The Morgan fingerprint density at radius 2 is 2.20 bits per heavy atom. The Morgan fingerprint density at radius 1 is 1.40 bits per heavy atom. The van der Waals surface area contributed by atoms with Gasteiger partial charge in [0.05, 0.1) is 30.2 Å². The molecule has 2 atom stereocenters. The van der Waals surface area contributed by atoms with Crippen molar-refractivity contribution >= 4 is 11.8 Å². The average molecular weight is 277 g/mol. The minimum absolute atomic E-state index is 0.135. The van der Waals surface area contributed by atoms with Crippen molar-refractivity contribution in [3.8, 4) is 0 Å². The molecule has 1 fully saturated rings. The summed E-state index contributed by atoms with van der Waals surface area (Å²) in [6, 6.07) is 7.05. The van der Waals surface area contributed by atoms with Crippen LogP contribution in [0.1, 0.15) is 24.8 Å². The summed E-state index contributed by atoms with van der Waals surface area (Å²) in [6.45, 7) is 2.08. The predicted molar refractivity (Wildman–Crippen MR) is 77.6 cm³/mol. The van der Waals surface area contributed by atoms with E-state index in [1.54, 1.807) is 18.2 Å². The molecule has 1 saturated heterocycles. The largest absolute Gasteiger partial charge is 0.390 e. The van der Waals surface area contributed by atoms with E-state index in [4.69, 9.17) is 0 Å². The summed E-state index contributed by atoms with van der Waals surface area (Å²) in [6.07, 6.45) is 7.22. The molecule has 1 unspecified atom stereocenters. The Balaban J connectivity index is 2.01. The van der Waals surface area contributed by atoms with E-state index in [0.29, 0.717) is 11.6 Å². The molecule has 1 aliphatic heterocycles. The van der Waals surface area contributed by atoms with E-state index in [-0.39, 0.29) is 17.2 Å². The Morgan fingerprint density at radius 3 is 2.95 bits per heavy atom. The van der Waals surface area contributed by atoms with Crippen LogP contribution in [0.4, 0.5) is 5.69 Å². The van der Waals surface area contributed by atoms with E-state index in [2.05, 4.69) is 0 Å². The molecule has 1 aromatic rings. The molecule has 1 heterocycles. The third-order valence-electron chi connectivity index (χ3n) is 3.91. The van der Waals surface area contributed by atoms with Crippen LogP contribution in [0.15, 0.2) is 30.3 Å². The number of aliphatic hydroxyl groups is 1. The van der Waals surface area contributed by atoms with Crippen LogP contribution in [0.5, 0.6) is 0 Å². The van der Waals surface area contributed by atoms with Crippen LogP contribution in [0, 0.1) is 10.1 Å². The predicted octanol–water partition coefficient (Wildman–Crippen LogP) is 1.04. The first-order chi connectivity index (χ1) is 9.72. The molecule has 0 aromatic heterocycles. The zero-order valence-electron chi connectivity index (χ0n) is 11.5. The quantitative estimate of drug-likeness (QED) is 0.624. The van der Waals surface area contributed by atoms with Crippen molar-refractivity contribution in [1.29, 1.82) is 0 Å². The van der Waals surface area contributed by atoms with Gasteiger partial charge in [0.25, 0.3) is 5.69 Å². The number of nitro groups is 1. The van der Waals surface area contributed by atoms with Crippen LogP contribution in [0.2, 0.25) is 0 Å². The lowest BCUT2D eigenvalue weighted by atomic mass is 10.0. The van der Waals surface area contributed by atoms with Gasteiger partial charge in [-0.25, -0.2) is 0 Å². The van der Waals surface area contributed by atoms with Gasteiger partial charge in [-0.1, -0.05) is 12.1 Å². The van der Waals surface area contributed by atoms with Crippen molar-refractivity contribution in [2.75, 3.05) is 19.7 Å². The van der Waals surface area contributed by atoms with Gasteiger partial charge in [0.1, 0.15) is 6.04 Å². The van der Waals surface area contributed by atoms with Crippen LogP contribution < -0.4 is 4.90 Å². The molecule has 0 saturated carbocycles. The van der Waals surface area contributed by atoms with Gasteiger partial charge in [0, 0.05) is 12.5 Å². The standard InChI is InChI=1S/C15H20N2O3/c18-12-14-8-3-4-10-16(14)11-5-7-13-6-1-2-9-15(13)17(19)20/h1-2,5-7,9,14,18H,3-4,8,10-12H2/p+1/b7-5+/t14-/m1/s1. The number of rotatable bonds is 5. The van der Waals surface area contributed by atoms with Gasteiger partial charge >= 0.3 is 0 Å². The second-order valence-corrected chi connectivity index (χ2v) is 5.21. The second kappa shape index (κ2) is 7.17. The summed E-state index contributed by atoms with van der Waals surface area (Å²) in [5.41, 5.74) is 0.769. The maximum atomic E-state index is 10.9. The van der Waals surface area contributed by atoms with Crippen LogP contribution in [-0.4, -0.2) is 35.8 Å². The summed E-state index contributed by atoms with van der Waals surface area (Å²) in [4.78, 5) is 11.9. The lowest BCUT2D eigenvalue weighted by molar-refractivity contribution is -0.925. The summed E-state index contributed by atoms with van der Waals surface area (Å²) >= 11 is 0. The number of benzene rings is 1. The van der Waals surface area contributed by atoms with E-state index in [1.165, 1.54) is 23.8 Å². The monoisotopic (exact) mass is 277 g/mol. The molecule has 0 aliphatic carbocycles. The minimum atomic E-state index is -0.357. The Kier molecular flexibility index (Phi) is 5.26. The van der Waals surface area contributed by atoms with Crippen LogP contribution in [0.25, 0.3) is 6.08 Å². The maximum absolute atomic E-state index is 10.9. The van der Waals surface area contributed by atoms with Gasteiger partial charge in [0.2, 0.25) is 0 Å². The normalized spacial score (nSPS) is 23.1. The van der Waals surface area contributed by atoms with E-state index in [9.17, 15) is 15.2 Å². The lowest BCUT2D eigenvalue weighted by Gasteiger charge is -2.30. The summed E-state index contributed by atoms with van der Waals surface area (Å²) in [7, 11) is 0. The number of nitrogens with one attached hydrogen (secondary N) is 1. The molecule has 5 nitrogen and oxygen atoms in total. The number of para-hydroxylation sites is 1. The van der Waals surface area contributed by atoms with Gasteiger partial charge in [-0.3, -0.25) is 10.1 Å². The smallest absolute Gasteiger partial charge is 0.276 e. The molecule has 2 N–H and O–H groups in total. The Labute approximate surface area is 118 Å². The first kappa shape index (κ1) is 14.7. The number of hydrogen-bond donors (Lipinski definition) is 2. The molecular weight excluding hydrogens is 256 g/mol. The lowest BCUT2D eigenvalue weighted by Crippen LogP contribution is -3.17. The van der Waals surface area contributed by atoms with Crippen molar-refractivity contribution < 1.29 is 14.9 Å². The molecule has 1 aliphatic rings. The third-order valence-corrected chi connectivity index (χ3v) is 3.91. The summed E-state index contributed by atoms with van der Waals surface area (Å²) in [5.74, 6) is 0. The molecule has 0 radical (unpaired) electrons. The van der Waals surface area contributed by atoms with Gasteiger partial charge in [-0.05, 0) is 31.1 Å². The number of piperidine rings is 1. The number of likely N-dealkylation sites (tertiary alicyclic amines) is 1. The fourth-order valence-electron chi connectivity index (χ4n) is 2.77. The van der Waals surface area contributed by atoms with Gasteiger partial charge in [-0.2, -0.15) is 0 Å². The van der Waals surface area contributed by atoms with Gasteiger partial charge < -0.3 is 10.0 Å². The van der Waals surface area contributed by atoms with E-state index in [0.717, 1.165) is 19.5 Å². The highest BCUT2D eigenvalue weighted by molar-refractivity contribution is 5.60. The molecule has 0 bridgehead atoms. The van der Waals surface area contributed by atoms with Crippen molar-refractivity contribution in [3.05, 3.63) is 46.0 Å². The molecule has 0 spiro atoms. The average Bonchev–Trinajstić information content (AvgIpc) is 2.48. The molecule has 5 heteroatoms. The number of hydrogen-bond acceptors (Lipinski definition) is 3. The molecule has 2 rings (SSSR count). The van der Waals surface area contributed by atoms with Crippen molar-refractivity contribution in [3.63, 3.8) is 0 Å². The molecule has 1 aromatic carbocycles. The van der Waals surface area contributed by atoms with Crippen molar-refractivity contribution in [2.45, 2.75) is 25.3 Å². The minimum Gasteiger partial charge on any atom is -0.390 e. The fraction of sp³-hybridized carbons (Fsp3) is 0.467. The summed E-state index contributed by atoms with van der Waals surface area (Å²) < 4.78 is 0. The first-order valence-corrected chi connectivity index (χ1v) is 7.07. The van der Waals surface area contributed by atoms with Crippen LogP contribution >= 0.6 is 0 Å². The van der Waals surface area contributed by atoms with E-state index < -0.39 is 0 Å². The number of nitrogens with zero attached hydrogens (tertiary/aromatic N) is 1. The van der Waals surface area contributed by atoms with Gasteiger partial charge in [0.15, 0.2) is 0 Å². The number of aliphatic hydroxyl groups excluding tert-OH is 1. The highest BCUT2D eigenvalue weighted by Crippen LogP contribution is 2.18. The Hall–Kier alpha value is -1.72. The SMILES string of the molecule is O=[N+]([O-])c1ccccc1/C=C/C[NH+]1CCCC[C@@H]1CO. The van der Waals surface area contributed by atoms with Crippen LogP contribution in [0.3, 0.4) is 0 Å². The highest BCUT2D eigenvalue weighted by Gasteiger charge is 2.23. The number of quaternary nitrogens is 1. The Bertz CT molecular complexity index is 488. The third kappa shape index (κ3) is 3.65. The van der Waals surface area contributed by atoms with Crippen molar-refractivity contribution in [1.82, 2.24) is 0 Å². The highest BCUT2D eigenvalue weighted by atomic mass is 16.6. The molecule has 20 heavy (non-hydrogen) atoms. The molecule has 0 amide bonds. The maximum Gasteiger partial charge on any atom is 0.276 e.